The fourth-order valence-corrected chi connectivity index (χ4v) is 1.97. The molecule has 1 heterocycles. The lowest BCUT2D eigenvalue weighted by atomic mass is 10.2. The van der Waals surface area contributed by atoms with E-state index in [0.29, 0.717) is 15.9 Å². The first-order valence-electron chi connectivity index (χ1n) is 4.97. The minimum absolute atomic E-state index is 0.0863. The summed E-state index contributed by atoms with van der Waals surface area (Å²) in [7, 11) is 0. The quantitative estimate of drug-likeness (QED) is 0.845. The van der Waals surface area contributed by atoms with E-state index in [1.807, 2.05) is 41.3 Å². The molecule has 5 nitrogen and oxygen atoms in total. The number of aromatic amines is 1. The Morgan fingerprint density at radius 3 is 3.00 bits per heavy atom. The van der Waals surface area contributed by atoms with Gasteiger partial charge in [-0.3, -0.25) is 4.79 Å². The third-order valence-corrected chi connectivity index (χ3v) is 3.15. The molecule has 1 unspecified atom stereocenters. The van der Waals surface area contributed by atoms with Gasteiger partial charge in [-0.1, -0.05) is 0 Å². The summed E-state index contributed by atoms with van der Waals surface area (Å²) in [6.45, 7) is 5.13. The number of aromatic nitrogens is 2. The second kappa shape index (κ2) is 5.84. The molecule has 1 aromatic rings. The molecule has 1 rings (SSSR count). The second-order valence-electron chi connectivity index (χ2n) is 3.44. The van der Waals surface area contributed by atoms with Crippen LogP contribution in [0, 0.1) is 20.8 Å². The first-order valence-corrected chi connectivity index (χ1v) is 6.05. The first kappa shape index (κ1) is 13.0. The lowest BCUT2D eigenvalue weighted by Gasteiger charge is -2.23. The third-order valence-electron chi connectivity index (χ3n) is 2.17. The summed E-state index contributed by atoms with van der Waals surface area (Å²) in [5.74, 6) is 0.561. The molecule has 1 atom stereocenters. The van der Waals surface area contributed by atoms with E-state index >= 15 is 0 Å². The van der Waals surface area contributed by atoms with Crippen molar-refractivity contribution < 1.29 is 0 Å². The minimum atomic E-state index is -0.145. The third kappa shape index (κ3) is 2.95. The van der Waals surface area contributed by atoms with Crippen molar-refractivity contribution in [3.63, 3.8) is 0 Å². The number of anilines is 1. The van der Waals surface area contributed by atoms with Crippen molar-refractivity contribution >= 4 is 28.4 Å². The molecule has 0 fully saturated rings. The van der Waals surface area contributed by atoms with Crippen LogP contribution >= 0.6 is 22.6 Å². The minimum Gasteiger partial charge on any atom is -0.354 e. The summed E-state index contributed by atoms with van der Waals surface area (Å²) in [5.41, 5.74) is -0.145. The summed E-state index contributed by atoms with van der Waals surface area (Å²) >= 11 is 1.97. The smallest absolute Gasteiger partial charge is 0.266 e. The molecular formula is C10H13IN4O. The van der Waals surface area contributed by atoms with Crippen molar-refractivity contribution in [1.29, 1.82) is 5.26 Å². The van der Waals surface area contributed by atoms with Gasteiger partial charge in [0.1, 0.15) is 9.39 Å². The molecule has 0 saturated carbocycles. The van der Waals surface area contributed by atoms with E-state index in [-0.39, 0.29) is 11.5 Å². The van der Waals surface area contributed by atoms with E-state index in [1.165, 1.54) is 6.33 Å². The standard InChI is InChI=1S/C10H13IN4O/c1-3-15(5-7(2)4-12)9-8(11)10(16)14-6-13-9/h6-7H,3,5H2,1-2H3,(H,13,14,16). The molecule has 0 radical (unpaired) electrons. The van der Waals surface area contributed by atoms with Gasteiger partial charge in [0.15, 0.2) is 0 Å². The molecule has 6 heteroatoms. The zero-order valence-electron chi connectivity index (χ0n) is 9.20. The Morgan fingerprint density at radius 1 is 1.75 bits per heavy atom. The van der Waals surface area contributed by atoms with Crippen LogP contribution in [0.3, 0.4) is 0 Å². The normalized spacial score (nSPS) is 11.9. The van der Waals surface area contributed by atoms with Crippen LogP contribution in [0.15, 0.2) is 11.1 Å². The van der Waals surface area contributed by atoms with Crippen molar-refractivity contribution in [2.45, 2.75) is 13.8 Å². The van der Waals surface area contributed by atoms with E-state index < -0.39 is 0 Å². The second-order valence-corrected chi connectivity index (χ2v) is 4.52. The highest BCUT2D eigenvalue weighted by atomic mass is 127. The zero-order chi connectivity index (χ0) is 12.1. The summed E-state index contributed by atoms with van der Waals surface area (Å²) in [4.78, 5) is 20.0. The summed E-state index contributed by atoms with van der Waals surface area (Å²) in [6.07, 6.45) is 1.39. The van der Waals surface area contributed by atoms with Gasteiger partial charge < -0.3 is 9.88 Å². The van der Waals surface area contributed by atoms with E-state index in [4.69, 9.17) is 5.26 Å². The number of nitriles is 1. The average Bonchev–Trinajstić information content (AvgIpc) is 2.29. The molecule has 0 spiro atoms. The van der Waals surface area contributed by atoms with Gasteiger partial charge in [-0.15, -0.1) is 0 Å². The van der Waals surface area contributed by atoms with Gasteiger partial charge in [0.05, 0.1) is 18.3 Å². The molecule has 0 aliphatic heterocycles. The van der Waals surface area contributed by atoms with Crippen LogP contribution < -0.4 is 10.5 Å². The van der Waals surface area contributed by atoms with Crippen LogP contribution in [-0.4, -0.2) is 23.1 Å². The largest absolute Gasteiger partial charge is 0.354 e. The predicted molar refractivity (Wildman–Crippen MR) is 70.2 cm³/mol. The number of H-pyrrole nitrogens is 1. The Balaban J connectivity index is 3.01. The van der Waals surface area contributed by atoms with Gasteiger partial charge in [-0.05, 0) is 36.4 Å². The molecule has 86 valence electrons. The van der Waals surface area contributed by atoms with Crippen LogP contribution in [0.5, 0.6) is 0 Å². The maximum absolute atomic E-state index is 11.4. The highest BCUT2D eigenvalue weighted by Gasteiger charge is 2.14. The Hall–Kier alpha value is -1.10. The molecule has 0 aromatic carbocycles. The lowest BCUT2D eigenvalue weighted by molar-refractivity contribution is 0.676. The number of rotatable bonds is 4. The summed E-state index contributed by atoms with van der Waals surface area (Å²) in [5, 5.41) is 8.78. The molecule has 0 aliphatic carbocycles. The Morgan fingerprint density at radius 2 is 2.44 bits per heavy atom. The van der Waals surface area contributed by atoms with Crippen LogP contribution in [0.2, 0.25) is 0 Å². The van der Waals surface area contributed by atoms with Gasteiger partial charge in [0, 0.05) is 13.1 Å². The molecule has 0 bridgehead atoms. The number of nitrogens with zero attached hydrogens (tertiary/aromatic N) is 3. The molecule has 16 heavy (non-hydrogen) atoms. The highest BCUT2D eigenvalue weighted by Crippen LogP contribution is 2.16. The number of nitrogens with one attached hydrogen (secondary N) is 1. The van der Waals surface area contributed by atoms with E-state index in [1.54, 1.807) is 0 Å². The fraction of sp³-hybridized carbons (Fsp3) is 0.500. The lowest BCUT2D eigenvalue weighted by Crippen LogP contribution is -2.31. The molecule has 0 aliphatic rings. The van der Waals surface area contributed by atoms with E-state index in [2.05, 4.69) is 16.0 Å². The van der Waals surface area contributed by atoms with Crippen molar-refractivity contribution in [2.75, 3.05) is 18.0 Å². The fourth-order valence-electron chi connectivity index (χ4n) is 1.33. The van der Waals surface area contributed by atoms with Crippen molar-refractivity contribution in [1.82, 2.24) is 9.97 Å². The zero-order valence-corrected chi connectivity index (χ0v) is 11.4. The average molecular weight is 332 g/mol. The Bertz CT molecular complexity index is 451. The van der Waals surface area contributed by atoms with Gasteiger partial charge >= 0.3 is 0 Å². The van der Waals surface area contributed by atoms with E-state index in [0.717, 1.165) is 6.54 Å². The highest BCUT2D eigenvalue weighted by molar-refractivity contribution is 14.1. The monoisotopic (exact) mass is 332 g/mol. The van der Waals surface area contributed by atoms with Crippen molar-refractivity contribution in [3.8, 4) is 6.07 Å². The molecule has 0 saturated heterocycles. The van der Waals surface area contributed by atoms with Gasteiger partial charge in [0.2, 0.25) is 0 Å². The SMILES string of the molecule is CCN(CC(C)C#N)c1nc[nH]c(=O)c1I. The Labute approximate surface area is 108 Å². The van der Waals surface area contributed by atoms with Crippen LogP contribution in [0.25, 0.3) is 0 Å². The van der Waals surface area contributed by atoms with Crippen LogP contribution in [0.1, 0.15) is 13.8 Å². The maximum atomic E-state index is 11.4. The predicted octanol–water partition coefficient (Wildman–Crippen LogP) is 1.36. The summed E-state index contributed by atoms with van der Waals surface area (Å²) in [6, 6.07) is 2.18. The van der Waals surface area contributed by atoms with Crippen LogP contribution in [-0.2, 0) is 0 Å². The van der Waals surface area contributed by atoms with Crippen molar-refractivity contribution in [3.05, 3.63) is 20.3 Å². The van der Waals surface area contributed by atoms with E-state index in [9.17, 15) is 4.79 Å². The van der Waals surface area contributed by atoms with Gasteiger partial charge in [0.25, 0.3) is 5.56 Å². The van der Waals surface area contributed by atoms with Gasteiger partial charge in [-0.25, -0.2) is 4.98 Å². The molecular weight excluding hydrogens is 319 g/mol. The maximum Gasteiger partial charge on any atom is 0.266 e. The number of hydrogen-bond donors (Lipinski definition) is 1. The molecule has 0 amide bonds. The van der Waals surface area contributed by atoms with Crippen LogP contribution in [0.4, 0.5) is 5.82 Å². The van der Waals surface area contributed by atoms with Gasteiger partial charge in [-0.2, -0.15) is 5.26 Å². The molecule has 1 N–H and O–H groups in total. The topological polar surface area (TPSA) is 72.8 Å². The first-order chi connectivity index (χ1) is 7.60. The number of halogens is 1. The molecule has 1 aromatic heterocycles. The summed E-state index contributed by atoms with van der Waals surface area (Å²) < 4.78 is 0.562. The van der Waals surface area contributed by atoms with Crippen molar-refractivity contribution in [2.24, 2.45) is 5.92 Å². The Kier molecular flexibility index (Phi) is 4.73. The number of hydrogen-bond acceptors (Lipinski definition) is 4.